The molecular weight excluding hydrogens is 238 g/mol. The van der Waals surface area contributed by atoms with Crippen LogP contribution in [0.1, 0.15) is 38.2 Å². The Morgan fingerprint density at radius 1 is 1.47 bits per heavy atom. The molecule has 94 valence electrons. The van der Waals surface area contributed by atoms with Crippen molar-refractivity contribution < 1.29 is 5.11 Å². The maximum Gasteiger partial charge on any atom is 0.137 e. The quantitative estimate of drug-likeness (QED) is 0.794. The van der Waals surface area contributed by atoms with Crippen molar-refractivity contribution in [2.24, 2.45) is 0 Å². The molecule has 2 N–H and O–H groups in total. The van der Waals surface area contributed by atoms with E-state index in [-0.39, 0.29) is 12.1 Å². The van der Waals surface area contributed by atoms with Gasteiger partial charge in [-0.25, -0.2) is 9.97 Å². The van der Waals surface area contributed by atoms with Crippen LogP contribution in [0.3, 0.4) is 0 Å². The zero-order chi connectivity index (χ0) is 12.3. The number of hydrogen-bond donors (Lipinski definition) is 2. The molecule has 1 aromatic heterocycles. The summed E-state index contributed by atoms with van der Waals surface area (Å²) in [7, 11) is 0. The van der Waals surface area contributed by atoms with Crippen LogP contribution in [0.4, 0.5) is 5.82 Å². The highest BCUT2D eigenvalue weighted by molar-refractivity contribution is 6.30. The van der Waals surface area contributed by atoms with Crippen LogP contribution < -0.4 is 5.32 Å². The molecule has 0 aliphatic heterocycles. The molecule has 0 atom stereocenters. The summed E-state index contributed by atoms with van der Waals surface area (Å²) in [5.41, 5.74) is 0.761. The Labute approximate surface area is 106 Å². The van der Waals surface area contributed by atoms with Gasteiger partial charge in [0.15, 0.2) is 0 Å². The molecule has 2 rings (SSSR count). The molecular formula is C12H18ClN3O. The van der Waals surface area contributed by atoms with Gasteiger partial charge in [0.1, 0.15) is 17.3 Å². The number of rotatable bonds is 5. The van der Waals surface area contributed by atoms with Gasteiger partial charge < -0.3 is 10.4 Å². The third kappa shape index (κ3) is 2.53. The lowest BCUT2D eigenvalue weighted by atomic mass is 9.77. The Kier molecular flexibility index (Phi) is 3.84. The average Bonchev–Trinajstić information content (AvgIpc) is 2.28. The van der Waals surface area contributed by atoms with Crippen LogP contribution in [0.15, 0.2) is 6.33 Å². The molecule has 0 unspecified atom stereocenters. The van der Waals surface area contributed by atoms with Crippen molar-refractivity contribution in [2.75, 3.05) is 11.9 Å². The van der Waals surface area contributed by atoms with Gasteiger partial charge >= 0.3 is 0 Å². The molecule has 1 aliphatic carbocycles. The summed E-state index contributed by atoms with van der Waals surface area (Å²) in [6.07, 6.45) is 6.42. The van der Waals surface area contributed by atoms with Crippen LogP contribution in [0, 0.1) is 0 Å². The van der Waals surface area contributed by atoms with Crippen LogP contribution in [0.5, 0.6) is 0 Å². The minimum Gasteiger partial charge on any atom is -0.394 e. The van der Waals surface area contributed by atoms with Gasteiger partial charge in [-0.15, -0.1) is 0 Å². The van der Waals surface area contributed by atoms with Gasteiger partial charge in [0.2, 0.25) is 0 Å². The van der Waals surface area contributed by atoms with E-state index < -0.39 is 0 Å². The first-order chi connectivity index (χ1) is 8.21. The van der Waals surface area contributed by atoms with Crippen LogP contribution in [0.2, 0.25) is 5.15 Å². The molecule has 0 spiro atoms. The highest BCUT2D eigenvalue weighted by Crippen LogP contribution is 2.36. The van der Waals surface area contributed by atoms with Gasteiger partial charge in [0, 0.05) is 5.56 Å². The Morgan fingerprint density at radius 2 is 2.24 bits per heavy atom. The van der Waals surface area contributed by atoms with E-state index in [0.717, 1.165) is 43.5 Å². The number of aromatic nitrogens is 2. The number of nitrogens with zero attached hydrogens (tertiary/aromatic N) is 2. The third-order valence-corrected chi connectivity index (χ3v) is 3.72. The Hall–Kier alpha value is -0.870. The van der Waals surface area contributed by atoms with E-state index in [9.17, 15) is 5.11 Å². The maximum absolute atomic E-state index is 9.45. The lowest BCUT2D eigenvalue weighted by molar-refractivity contribution is 0.143. The SMILES string of the molecule is CCCc1c(Cl)ncnc1NC1(CO)CCC1. The van der Waals surface area contributed by atoms with E-state index in [1.165, 1.54) is 6.33 Å². The molecule has 1 heterocycles. The molecule has 4 nitrogen and oxygen atoms in total. The van der Waals surface area contributed by atoms with Gasteiger partial charge in [-0.1, -0.05) is 24.9 Å². The van der Waals surface area contributed by atoms with Crippen LogP contribution >= 0.6 is 11.6 Å². The van der Waals surface area contributed by atoms with Crippen molar-refractivity contribution in [1.29, 1.82) is 0 Å². The topological polar surface area (TPSA) is 58.0 Å². The van der Waals surface area contributed by atoms with Gasteiger partial charge in [0.05, 0.1) is 12.1 Å². The fourth-order valence-electron chi connectivity index (χ4n) is 2.15. The second-order valence-corrected chi connectivity index (χ2v) is 5.02. The largest absolute Gasteiger partial charge is 0.394 e. The van der Waals surface area contributed by atoms with E-state index in [0.29, 0.717) is 5.15 Å². The first-order valence-corrected chi connectivity index (χ1v) is 6.47. The maximum atomic E-state index is 9.45. The van der Waals surface area contributed by atoms with E-state index >= 15 is 0 Å². The molecule has 17 heavy (non-hydrogen) atoms. The Balaban J connectivity index is 2.22. The van der Waals surface area contributed by atoms with E-state index in [1.807, 2.05) is 0 Å². The summed E-state index contributed by atoms with van der Waals surface area (Å²) in [4.78, 5) is 8.27. The predicted octanol–water partition coefficient (Wildman–Crippen LogP) is 2.41. The monoisotopic (exact) mass is 255 g/mol. The van der Waals surface area contributed by atoms with Gasteiger partial charge in [-0.05, 0) is 25.7 Å². The molecule has 1 aliphatic rings. The highest BCUT2D eigenvalue weighted by Gasteiger charge is 2.37. The molecule has 0 aromatic carbocycles. The van der Waals surface area contributed by atoms with E-state index in [1.54, 1.807) is 0 Å². The Bertz CT molecular complexity index is 388. The van der Waals surface area contributed by atoms with Crippen molar-refractivity contribution in [1.82, 2.24) is 9.97 Å². The van der Waals surface area contributed by atoms with Gasteiger partial charge in [0.25, 0.3) is 0 Å². The number of halogens is 1. The van der Waals surface area contributed by atoms with Crippen molar-refractivity contribution in [2.45, 2.75) is 44.6 Å². The number of hydrogen-bond acceptors (Lipinski definition) is 4. The van der Waals surface area contributed by atoms with Crippen LogP contribution in [-0.4, -0.2) is 27.2 Å². The van der Waals surface area contributed by atoms with Crippen LogP contribution in [0.25, 0.3) is 0 Å². The number of aliphatic hydroxyl groups excluding tert-OH is 1. The summed E-state index contributed by atoms with van der Waals surface area (Å²) >= 11 is 6.09. The number of anilines is 1. The Morgan fingerprint density at radius 3 is 2.76 bits per heavy atom. The summed E-state index contributed by atoms with van der Waals surface area (Å²) in [6, 6.07) is 0. The minimum absolute atomic E-state index is 0.139. The predicted molar refractivity (Wildman–Crippen MR) is 68.3 cm³/mol. The van der Waals surface area contributed by atoms with Crippen molar-refractivity contribution in [3.05, 3.63) is 17.0 Å². The fourth-order valence-corrected chi connectivity index (χ4v) is 2.38. The average molecular weight is 256 g/mol. The summed E-state index contributed by atoms with van der Waals surface area (Å²) in [6.45, 7) is 2.23. The summed E-state index contributed by atoms with van der Waals surface area (Å²) in [5.74, 6) is 0.778. The molecule has 0 bridgehead atoms. The minimum atomic E-state index is -0.194. The normalized spacial score (nSPS) is 17.6. The third-order valence-electron chi connectivity index (χ3n) is 3.39. The van der Waals surface area contributed by atoms with Gasteiger partial charge in [-0.2, -0.15) is 0 Å². The lowest BCUT2D eigenvalue weighted by Crippen LogP contribution is -2.48. The first kappa shape index (κ1) is 12.6. The first-order valence-electron chi connectivity index (χ1n) is 6.09. The molecule has 1 fully saturated rings. The second-order valence-electron chi connectivity index (χ2n) is 4.66. The van der Waals surface area contributed by atoms with Crippen LogP contribution in [-0.2, 0) is 6.42 Å². The fraction of sp³-hybridized carbons (Fsp3) is 0.667. The molecule has 1 saturated carbocycles. The summed E-state index contributed by atoms with van der Waals surface area (Å²) < 4.78 is 0. The smallest absolute Gasteiger partial charge is 0.137 e. The van der Waals surface area contributed by atoms with E-state index in [2.05, 4.69) is 22.2 Å². The summed E-state index contributed by atoms with van der Waals surface area (Å²) in [5, 5.41) is 13.3. The van der Waals surface area contributed by atoms with Gasteiger partial charge in [-0.3, -0.25) is 0 Å². The zero-order valence-corrected chi connectivity index (χ0v) is 10.8. The molecule has 5 heteroatoms. The molecule has 0 saturated heterocycles. The zero-order valence-electron chi connectivity index (χ0n) is 10.0. The molecule has 1 aromatic rings. The van der Waals surface area contributed by atoms with Crippen molar-refractivity contribution >= 4 is 17.4 Å². The number of nitrogens with one attached hydrogen (secondary N) is 1. The number of aliphatic hydroxyl groups is 1. The van der Waals surface area contributed by atoms with Crippen molar-refractivity contribution in [3.8, 4) is 0 Å². The molecule has 0 amide bonds. The second kappa shape index (κ2) is 5.19. The van der Waals surface area contributed by atoms with E-state index in [4.69, 9.17) is 11.6 Å². The lowest BCUT2D eigenvalue weighted by Gasteiger charge is -2.41. The highest BCUT2D eigenvalue weighted by atomic mass is 35.5. The standard InChI is InChI=1S/C12H18ClN3O/c1-2-4-9-10(13)14-8-15-11(9)16-12(7-17)5-3-6-12/h8,17H,2-7H2,1H3,(H,14,15,16). The van der Waals surface area contributed by atoms with Crippen molar-refractivity contribution in [3.63, 3.8) is 0 Å². The molecule has 0 radical (unpaired) electrons.